The van der Waals surface area contributed by atoms with Crippen molar-refractivity contribution in [3.05, 3.63) is 52.0 Å². The van der Waals surface area contributed by atoms with Crippen LogP contribution in [0.5, 0.6) is 0 Å². The number of oxazole rings is 1. The zero-order valence-corrected chi connectivity index (χ0v) is 16.1. The van der Waals surface area contributed by atoms with Gasteiger partial charge in [-0.25, -0.2) is 9.78 Å². The molecule has 0 unspecified atom stereocenters. The first kappa shape index (κ1) is 18.7. The van der Waals surface area contributed by atoms with Crippen molar-refractivity contribution in [2.75, 3.05) is 20.6 Å². The lowest BCUT2D eigenvalue weighted by atomic mass is 10.2. The molecule has 0 fully saturated rings. The number of esters is 1. The molecule has 0 saturated heterocycles. The third kappa shape index (κ3) is 4.36. The summed E-state index contributed by atoms with van der Waals surface area (Å²) in [6, 6.07) is 10.1. The summed E-state index contributed by atoms with van der Waals surface area (Å²) in [5.74, 6) is -0.0131. The SMILES string of the molecule is C[C@@H](CN(C)C)OC(=O)c1ccc2nc(-c3cc(Cl)cc(Cl)c3)oc2c1. The molecule has 3 aromatic rings. The second-order valence-electron chi connectivity index (χ2n) is 6.34. The van der Waals surface area contributed by atoms with Crippen molar-refractivity contribution in [2.45, 2.75) is 13.0 Å². The van der Waals surface area contributed by atoms with E-state index in [4.69, 9.17) is 32.4 Å². The highest BCUT2D eigenvalue weighted by atomic mass is 35.5. The molecule has 0 bridgehead atoms. The first-order chi connectivity index (χ1) is 12.3. The molecular weight excluding hydrogens is 375 g/mol. The minimum Gasteiger partial charge on any atom is -0.458 e. The van der Waals surface area contributed by atoms with Crippen molar-refractivity contribution in [3.8, 4) is 11.5 Å². The van der Waals surface area contributed by atoms with Crippen LogP contribution in [-0.4, -0.2) is 42.6 Å². The number of hydrogen-bond acceptors (Lipinski definition) is 5. The van der Waals surface area contributed by atoms with E-state index in [1.54, 1.807) is 36.4 Å². The van der Waals surface area contributed by atoms with Gasteiger partial charge in [-0.05, 0) is 57.4 Å². The summed E-state index contributed by atoms with van der Waals surface area (Å²) in [7, 11) is 3.85. The normalized spacial score (nSPS) is 12.5. The maximum absolute atomic E-state index is 12.3. The van der Waals surface area contributed by atoms with E-state index in [9.17, 15) is 4.79 Å². The highest BCUT2D eigenvalue weighted by Crippen LogP contribution is 2.29. The number of aromatic nitrogens is 1. The Labute approximate surface area is 161 Å². The van der Waals surface area contributed by atoms with E-state index >= 15 is 0 Å². The molecule has 5 nitrogen and oxygen atoms in total. The van der Waals surface area contributed by atoms with E-state index in [0.29, 0.717) is 44.7 Å². The van der Waals surface area contributed by atoms with Gasteiger partial charge < -0.3 is 14.1 Å². The molecule has 1 heterocycles. The lowest BCUT2D eigenvalue weighted by Crippen LogP contribution is -2.28. The van der Waals surface area contributed by atoms with Gasteiger partial charge in [0.1, 0.15) is 11.6 Å². The van der Waals surface area contributed by atoms with Crippen LogP contribution in [0.3, 0.4) is 0 Å². The number of rotatable bonds is 5. The molecule has 2 aromatic carbocycles. The van der Waals surface area contributed by atoms with Crippen molar-refractivity contribution in [1.82, 2.24) is 9.88 Å². The summed E-state index contributed by atoms with van der Waals surface area (Å²) in [6.07, 6.45) is -0.216. The highest BCUT2D eigenvalue weighted by Gasteiger charge is 2.16. The number of likely N-dealkylation sites (N-methyl/N-ethyl adjacent to an activating group) is 1. The predicted molar refractivity (Wildman–Crippen MR) is 103 cm³/mol. The molecule has 7 heteroatoms. The van der Waals surface area contributed by atoms with Crippen molar-refractivity contribution >= 4 is 40.3 Å². The predicted octanol–water partition coefficient (Wildman–Crippen LogP) is 4.91. The third-order valence-corrected chi connectivity index (χ3v) is 4.10. The van der Waals surface area contributed by atoms with Crippen molar-refractivity contribution in [1.29, 1.82) is 0 Å². The van der Waals surface area contributed by atoms with E-state index in [1.165, 1.54) is 0 Å². The molecule has 136 valence electrons. The number of hydrogen-bond donors (Lipinski definition) is 0. The molecule has 0 aliphatic heterocycles. The van der Waals surface area contributed by atoms with Gasteiger partial charge in [0.05, 0.1) is 5.56 Å². The molecule has 3 rings (SSSR count). The van der Waals surface area contributed by atoms with E-state index < -0.39 is 5.97 Å². The van der Waals surface area contributed by atoms with Gasteiger partial charge in [-0.15, -0.1) is 0 Å². The summed E-state index contributed by atoms with van der Waals surface area (Å²) >= 11 is 12.1. The monoisotopic (exact) mass is 392 g/mol. The van der Waals surface area contributed by atoms with Crippen LogP contribution < -0.4 is 0 Å². The molecule has 1 aromatic heterocycles. The molecule has 0 spiro atoms. The molecule has 26 heavy (non-hydrogen) atoms. The maximum atomic E-state index is 12.3. The fourth-order valence-corrected chi connectivity index (χ4v) is 3.18. The maximum Gasteiger partial charge on any atom is 0.338 e. The molecule has 0 radical (unpaired) electrons. The fraction of sp³-hybridized carbons (Fsp3) is 0.263. The average Bonchev–Trinajstić information content (AvgIpc) is 2.96. The van der Waals surface area contributed by atoms with Crippen LogP contribution in [0.15, 0.2) is 40.8 Å². The van der Waals surface area contributed by atoms with E-state index in [-0.39, 0.29) is 6.10 Å². The van der Waals surface area contributed by atoms with Crippen LogP contribution in [0.25, 0.3) is 22.6 Å². The Hall–Kier alpha value is -2.08. The van der Waals surface area contributed by atoms with Crippen molar-refractivity contribution in [3.63, 3.8) is 0 Å². The Balaban J connectivity index is 1.86. The van der Waals surface area contributed by atoms with Crippen LogP contribution in [-0.2, 0) is 4.74 Å². The topological polar surface area (TPSA) is 55.6 Å². The van der Waals surface area contributed by atoms with E-state index in [0.717, 1.165) is 0 Å². The Morgan fingerprint density at radius 2 is 1.88 bits per heavy atom. The standard InChI is InChI=1S/C19H18Cl2N2O3/c1-11(10-23(2)3)25-19(24)12-4-5-16-17(8-12)26-18(22-16)13-6-14(20)9-15(21)7-13/h4-9,11H,10H2,1-3H3/t11-/m0/s1. The van der Waals surface area contributed by atoms with E-state index in [2.05, 4.69) is 4.98 Å². The summed E-state index contributed by atoms with van der Waals surface area (Å²) in [6.45, 7) is 2.50. The second-order valence-corrected chi connectivity index (χ2v) is 7.21. The zero-order valence-electron chi connectivity index (χ0n) is 14.6. The summed E-state index contributed by atoms with van der Waals surface area (Å²) in [5.41, 5.74) is 2.21. The van der Waals surface area contributed by atoms with Gasteiger partial charge in [0.2, 0.25) is 5.89 Å². The number of benzene rings is 2. The van der Waals surface area contributed by atoms with Crippen molar-refractivity contribution in [2.24, 2.45) is 0 Å². The quantitative estimate of drug-likeness (QED) is 0.577. The number of nitrogens with zero attached hydrogens (tertiary/aromatic N) is 2. The number of fused-ring (bicyclic) bond motifs is 1. The summed E-state index contributed by atoms with van der Waals surface area (Å²) in [5, 5.41) is 0.989. The Morgan fingerprint density at radius 1 is 1.19 bits per heavy atom. The molecule has 0 aliphatic rings. The van der Waals surface area contributed by atoms with Gasteiger partial charge in [0.25, 0.3) is 0 Å². The van der Waals surface area contributed by atoms with Gasteiger partial charge in [-0.3, -0.25) is 0 Å². The van der Waals surface area contributed by atoms with Crippen LogP contribution in [0.1, 0.15) is 17.3 Å². The summed E-state index contributed by atoms with van der Waals surface area (Å²) < 4.78 is 11.2. The van der Waals surface area contributed by atoms with Gasteiger partial charge in [-0.2, -0.15) is 0 Å². The molecule has 0 N–H and O–H groups in total. The summed E-state index contributed by atoms with van der Waals surface area (Å²) in [4.78, 5) is 18.7. The first-order valence-electron chi connectivity index (χ1n) is 8.04. The Kier molecular flexibility index (Phi) is 5.51. The van der Waals surface area contributed by atoms with Crippen LogP contribution >= 0.6 is 23.2 Å². The molecular formula is C19H18Cl2N2O3. The molecule has 1 atom stereocenters. The Morgan fingerprint density at radius 3 is 2.54 bits per heavy atom. The second kappa shape index (κ2) is 7.66. The van der Waals surface area contributed by atoms with Crippen LogP contribution in [0.4, 0.5) is 0 Å². The van der Waals surface area contributed by atoms with Crippen LogP contribution in [0.2, 0.25) is 10.0 Å². The Bertz CT molecular complexity index is 933. The minimum absolute atomic E-state index is 0.216. The smallest absolute Gasteiger partial charge is 0.338 e. The average molecular weight is 393 g/mol. The van der Waals surface area contributed by atoms with Crippen molar-refractivity contribution < 1.29 is 13.9 Å². The number of carbonyl (C=O) groups excluding carboxylic acids is 1. The lowest BCUT2D eigenvalue weighted by Gasteiger charge is -2.17. The first-order valence-corrected chi connectivity index (χ1v) is 8.80. The molecule has 0 saturated carbocycles. The third-order valence-electron chi connectivity index (χ3n) is 3.66. The minimum atomic E-state index is -0.398. The zero-order chi connectivity index (χ0) is 18.8. The largest absolute Gasteiger partial charge is 0.458 e. The lowest BCUT2D eigenvalue weighted by molar-refractivity contribution is 0.0289. The van der Waals surface area contributed by atoms with E-state index in [1.807, 2.05) is 25.9 Å². The molecule has 0 amide bonds. The number of halogens is 2. The number of ether oxygens (including phenoxy) is 1. The van der Waals surface area contributed by atoms with Gasteiger partial charge in [0, 0.05) is 22.2 Å². The fourth-order valence-electron chi connectivity index (χ4n) is 2.65. The molecule has 0 aliphatic carbocycles. The number of carbonyl (C=O) groups is 1. The van der Waals surface area contributed by atoms with Crippen LogP contribution in [0, 0.1) is 0 Å². The van der Waals surface area contributed by atoms with Gasteiger partial charge in [-0.1, -0.05) is 23.2 Å². The van der Waals surface area contributed by atoms with Gasteiger partial charge in [0.15, 0.2) is 5.58 Å². The van der Waals surface area contributed by atoms with Gasteiger partial charge >= 0.3 is 5.97 Å². The highest BCUT2D eigenvalue weighted by molar-refractivity contribution is 6.35.